The Balaban J connectivity index is 1.56. The van der Waals surface area contributed by atoms with Gasteiger partial charge in [-0.05, 0) is 36.6 Å². The van der Waals surface area contributed by atoms with Gasteiger partial charge in [-0.1, -0.05) is 24.3 Å². The third-order valence-corrected chi connectivity index (χ3v) is 5.86. The summed E-state index contributed by atoms with van der Waals surface area (Å²) >= 11 is 0. The number of H-pyrrole nitrogens is 1. The van der Waals surface area contributed by atoms with Crippen molar-refractivity contribution < 1.29 is 38.3 Å². The highest BCUT2D eigenvalue weighted by Gasteiger charge is 2.22. The average molecular weight is 506 g/mol. The van der Waals surface area contributed by atoms with Crippen LogP contribution in [-0.4, -0.2) is 53.0 Å². The number of nitrogens with one attached hydrogen (secondary N) is 2. The van der Waals surface area contributed by atoms with E-state index < -0.39 is 11.9 Å². The summed E-state index contributed by atoms with van der Waals surface area (Å²) in [6, 6.07) is 15.0. The first-order chi connectivity index (χ1) is 18.0. The molecule has 0 atom stereocenters. The molecular formula is C28H29N2O7+. The van der Waals surface area contributed by atoms with Crippen LogP contribution in [-0.2, 0) is 9.47 Å². The minimum absolute atomic E-state index is 0.0471. The van der Waals surface area contributed by atoms with Crippen molar-refractivity contribution in [2.75, 3.05) is 46.4 Å². The monoisotopic (exact) mass is 505 g/mol. The highest BCUT2D eigenvalue weighted by Crippen LogP contribution is 2.38. The summed E-state index contributed by atoms with van der Waals surface area (Å²) in [6.45, 7) is 2.31. The Morgan fingerprint density at radius 1 is 0.865 bits per heavy atom. The molecule has 1 heterocycles. The first-order valence-electron chi connectivity index (χ1n) is 11.8. The lowest BCUT2D eigenvalue weighted by molar-refractivity contribution is -0.343. The van der Waals surface area contributed by atoms with Crippen LogP contribution < -0.4 is 24.5 Å². The standard InChI is InChI=1S/C28H28N2O7/c1-5-36-28(32)21-16-30-24-19-9-7-6-8-17(19)10-11-20(24)25(21)29-12-13-37-27(31)18-14-22(33-2)26(35-4)23(15-18)34-3/h6-11,14-16H,5,12-13H2,1-4H3,(H,29,30)/p+1. The molecule has 0 fully saturated rings. The molecule has 9 nitrogen and oxygen atoms in total. The molecule has 2 N–H and O–H groups in total. The van der Waals surface area contributed by atoms with Crippen molar-refractivity contribution >= 4 is 39.3 Å². The largest absolute Gasteiger partial charge is 0.493 e. The minimum atomic E-state index is -0.552. The van der Waals surface area contributed by atoms with Gasteiger partial charge in [0.25, 0.3) is 0 Å². The average Bonchev–Trinajstić information content (AvgIpc) is 2.93. The zero-order valence-corrected chi connectivity index (χ0v) is 21.2. The SMILES string of the molecule is CCOC(=O)c1c[nH+]c2c(ccc3ccccc32)c1NCCOC(=O)c1cc(OC)c(OC)c(OC)c1. The van der Waals surface area contributed by atoms with Crippen molar-refractivity contribution in [2.24, 2.45) is 0 Å². The van der Waals surface area contributed by atoms with Gasteiger partial charge in [0.15, 0.2) is 17.7 Å². The molecule has 0 amide bonds. The maximum atomic E-state index is 12.7. The highest BCUT2D eigenvalue weighted by molar-refractivity contribution is 6.11. The van der Waals surface area contributed by atoms with Crippen LogP contribution in [0.5, 0.6) is 17.2 Å². The Morgan fingerprint density at radius 2 is 1.59 bits per heavy atom. The summed E-state index contributed by atoms with van der Waals surface area (Å²) in [5.74, 6) is 0.0834. The summed E-state index contributed by atoms with van der Waals surface area (Å²) in [4.78, 5) is 28.6. The molecule has 37 heavy (non-hydrogen) atoms. The van der Waals surface area contributed by atoms with Gasteiger partial charge >= 0.3 is 11.9 Å². The summed E-state index contributed by atoms with van der Waals surface area (Å²) in [5, 5.41) is 6.17. The van der Waals surface area contributed by atoms with Crippen LogP contribution in [0.1, 0.15) is 27.6 Å². The van der Waals surface area contributed by atoms with E-state index in [4.69, 9.17) is 23.7 Å². The van der Waals surface area contributed by atoms with E-state index in [9.17, 15) is 9.59 Å². The number of esters is 2. The summed E-state index contributed by atoms with van der Waals surface area (Å²) in [5.41, 5.74) is 2.10. The van der Waals surface area contributed by atoms with Crippen LogP contribution >= 0.6 is 0 Å². The maximum absolute atomic E-state index is 12.7. The molecule has 1 aromatic heterocycles. The number of hydrogen-bond donors (Lipinski definition) is 1. The fourth-order valence-corrected chi connectivity index (χ4v) is 4.16. The van der Waals surface area contributed by atoms with Gasteiger partial charge in [0.2, 0.25) is 11.3 Å². The predicted octanol–water partition coefficient (Wildman–Crippen LogP) is 4.28. The Hall–Kier alpha value is -4.53. The molecule has 0 unspecified atom stereocenters. The molecule has 0 aliphatic rings. The molecule has 3 aromatic carbocycles. The lowest BCUT2D eigenvalue weighted by Crippen LogP contribution is -2.19. The molecule has 0 bridgehead atoms. The van der Waals surface area contributed by atoms with Crippen LogP contribution in [0.4, 0.5) is 5.69 Å². The molecule has 0 saturated carbocycles. The van der Waals surface area contributed by atoms with Crippen molar-refractivity contribution in [2.45, 2.75) is 6.92 Å². The molecule has 0 radical (unpaired) electrons. The number of carbonyl (C=O) groups excluding carboxylic acids is 2. The van der Waals surface area contributed by atoms with Crippen LogP contribution in [0.15, 0.2) is 54.7 Å². The van der Waals surface area contributed by atoms with E-state index in [1.165, 1.54) is 33.5 Å². The molecule has 0 spiro atoms. The molecule has 0 aliphatic carbocycles. The first-order valence-corrected chi connectivity index (χ1v) is 11.8. The van der Waals surface area contributed by atoms with Crippen molar-refractivity contribution in [3.63, 3.8) is 0 Å². The minimum Gasteiger partial charge on any atom is -0.493 e. The molecule has 0 saturated heterocycles. The molecule has 4 aromatic rings. The number of hydrogen-bond acceptors (Lipinski definition) is 8. The van der Waals surface area contributed by atoms with E-state index in [-0.39, 0.29) is 25.3 Å². The molecule has 4 rings (SSSR count). The summed E-state index contributed by atoms with van der Waals surface area (Å²) in [6.07, 6.45) is 1.64. The number of aromatic amines is 1. The topological polar surface area (TPSA) is 106 Å². The van der Waals surface area contributed by atoms with Crippen molar-refractivity contribution in [3.05, 3.63) is 65.9 Å². The van der Waals surface area contributed by atoms with Gasteiger partial charge in [0.1, 0.15) is 12.2 Å². The van der Waals surface area contributed by atoms with Crippen molar-refractivity contribution in [1.82, 2.24) is 0 Å². The van der Waals surface area contributed by atoms with E-state index in [2.05, 4.69) is 10.3 Å². The van der Waals surface area contributed by atoms with E-state index in [1.807, 2.05) is 36.4 Å². The van der Waals surface area contributed by atoms with Gasteiger partial charge in [0.05, 0.1) is 50.0 Å². The number of methoxy groups -OCH3 is 3. The Kier molecular flexibility index (Phi) is 7.92. The Labute approximate surface area is 214 Å². The van der Waals surface area contributed by atoms with E-state index in [0.717, 1.165) is 21.7 Å². The predicted molar refractivity (Wildman–Crippen MR) is 139 cm³/mol. The Bertz CT molecular complexity index is 1430. The summed E-state index contributed by atoms with van der Waals surface area (Å²) < 4.78 is 26.6. The van der Waals surface area contributed by atoms with Crippen LogP contribution in [0.3, 0.4) is 0 Å². The third-order valence-electron chi connectivity index (χ3n) is 5.86. The number of fused-ring (bicyclic) bond motifs is 3. The Morgan fingerprint density at radius 3 is 2.27 bits per heavy atom. The number of carbonyl (C=O) groups is 2. The van der Waals surface area contributed by atoms with E-state index in [0.29, 0.717) is 28.5 Å². The van der Waals surface area contributed by atoms with Crippen molar-refractivity contribution in [1.29, 1.82) is 0 Å². The zero-order chi connectivity index (χ0) is 26.4. The number of pyridine rings is 1. The van der Waals surface area contributed by atoms with Gasteiger partial charge in [0, 0.05) is 6.54 Å². The van der Waals surface area contributed by atoms with E-state index in [1.54, 1.807) is 13.1 Å². The number of ether oxygens (including phenoxy) is 5. The number of anilines is 1. The fourth-order valence-electron chi connectivity index (χ4n) is 4.16. The molecule has 9 heteroatoms. The second-order valence-electron chi connectivity index (χ2n) is 7.98. The number of aromatic nitrogens is 1. The lowest BCUT2D eigenvalue weighted by atomic mass is 10.0. The van der Waals surface area contributed by atoms with Gasteiger partial charge in [-0.25, -0.2) is 14.6 Å². The second kappa shape index (κ2) is 11.5. The van der Waals surface area contributed by atoms with Gasteiger partial charge in [-0.3, -0.25) is 0 Å². The molecule has 0 aliphatic heterocycles. The van der Waals surface area contributed by atoms with Crippen LogP contribution in [0.2, 0.25) is 0 Å². The van der Waals surface area contributed by atoms with Gasteiger partial charge in [-0.15, -0.1) is 0 Å². The lowest BCUT2D eigenvalue weighted by Gasteiger charge is -2.14. The third kappa shape index (κ3) is 5.20. The summed E-state index contributed by atoms with van der Waals surface area (Å²) in [7, 11) is 4.44. The highest BCUT2D eigenvalue weighted by atomic mass is 16.5. The second-order valence-corrected chi connectivity index (χ2v) is 7.98. The van der Waals surface area contributed by atoms with Gasteiger partial charge < -0.3 is 29.0 Å². The van der Waals surface area contributed by atoms with Gasteiger partial charge in [-0.2, -0.15) is 0 Å². The van der Waals surface area contributed by atoms with Crippen LogP contribution in [0, 0.1) is 0 Å². The number of rotatable bonds is 10. The van der Waals surface area contributed by atoms with Crippen molar-refractivity contribution in [3.8, 4) is 17.2 Å². The first kappa shape index (κ1) is 25.6. The van der Waals surface area contributed by atoms with Crippen LogP contribution in [0.25, 0.3) is 21.7 Å². The number of benzene rings is 3. The zero-order valence-electron chi connectivity index (χ0n) is 21.2. The fraction of sp³-hybridized carbons (Fsp3) is 0.250. The molecule has 192 valence electrons. The maximum Gasteiger partial charge on any atom is 0.346 e. The quantitative estimate of drug-likeness (QED) is 0.193. The molecular weight excluding hydrogens is 476 g/mol. The van der Waals surface area contributed by atoms with E-state index >= 15 is 0 Å². The normalized spacial score (nSPS) is 10.7. The smallest absolute Gasteiger partial charge is 0.346 e.